The smallest absolute Gasteiger partial charge is 0.258 e. The van der Waals surface area contributed by atoms with Gasteiger partial charge < -0.3 is 0 Å². The predicted molar refractivity (Wildman–Crippen MR) is 43.4 cm³/mol. The minimum Gasteiger partial charge on any atom is -0.258 e. The molecule has 0 radical (unpaired) electrons. The van der Waals surface area contributed by atoms with Crippen molar-refractivity contribution in [2.45, 2.75) is 25.9 Å². The summed E-state index contributed by atoms with van der Waals surface area (Å²) in [6, 6.07) is 4.72. The predicted octanol–water partition coefficient (Wildman–Crippen LogP) is 2.75. The van der Waals surface area contributed by atoms with Gasteiger partial charge in [-0.3, -0.25) is 4.98 Å². The van der Waals surface area contributed by atoms with Crippen molar-refractivity contribution in [1.82, 2.24) is 4.98 Å². The van der Waals surface area contributed by atoms with Crippen LogP contribution in [0, 0.1) is 0 Å². The molecule has 0 aliphatic heterocycles. The molecule has 0 spiro atoms. The van der Waals surface area contributed by atoms with Crippen LogP contribution in [0.5, 0.6) is 0 Å². The third-order valence-corrected chi connectivity index (χ3v) is 1.61. The monoisotopic (exact) mass is 189 g/mol. The largest absolute Gasteiger partial charge is 0.394 e. The summed E-state index contributed by atoms with van der Waals surface area (Å²) in [5, 5.41) is 0. The Bertz CT molecular complexity index is 280. The number of aromatic nitrogens is 1. The molecule has 0 aliphatic carbocycles. The quantitative estimate of drug-likeness (QED) is 0.697. The molecule has 0 fully saturated rings. The Morgan fingerprint density at radius 2 is 1.85 bits per heavy atom. The summed E-state index contributed by atoms with van der Waals surface area (Å²) < 4.78 is 35.8. The summed E-state index contributed by atoms with van der Waals surface area (Å²) in [5.41, 5.74) is 0.786. The zero-order valence-corrected chi connectivity index (χ0v) is 7.23. The van der Waals surface area contributed by atoms with E-state index in [0.29, 0.717) is 12.1 Å². The van der Waals surface area contributed by atoms with Gasteiger partial charge in [0.1, 0.15) is 0 Å². The first kappa shape index (κ1) is 10.0. The van der Waals surface area contributed by atoms with Gasteiger partial charge in [-0.1, -0.05) is 13.0 Å². The SMILES string of the molecule is CCc1cccc(CC(F)(F)F)n1. The molecule has 13 heavy (non-hydrogen) atoms. The van der Waals surface area contributed by atoms with E-state index in [-0.39, 0.29) is 5.69 Å². The van der Waals surface area contributed by atoms with Crippen LogP contribution in [0.2, 0.25) is 0 Å². The topological polar surface area (TPSA) is 12.9 Å². The summed E-state index contributed by atoms with van der Waals surface area (Å²) in [6.07, 6.45) is -4.45. The molecule has 72 valence electrons. The summed E-state index contributed by atoms with van der Waals surface area (Å²) in [7, 11) is 0. The first-order chi connectivity index (χ1) is 6.01. The van der Waals surface area contributed by atoms with Crippen LogP contribution in [0.1, 0.15) is 18.3 Å². The standard InChI is InChI=1S/C9H10F3N/c1-2-7-4-3-5-8(13-7)6-9(10,11)12/h3-5H,2,6H2,1H3. The van der Waals surface area contributed by atoms with E-state index in [2.05, 4.69) is 4.98 Å². The normalized spacial score (nSPS) is 11.7. The second kappa shape index (κ2) is 3.77. The highest BCUT2D eigenvalue weighted by Crippen LogP contribution is 2.20. The van der Waals surface area contributed by atoms with Crippen molar-refractivity contribution in [2.24, 2.45) is 0 Å². The van der Waals surface area contributed by atoms with E-state index in [1.165, 1.54) is 6.07 Å². The van der Waals surface area contributed by atoms with Gasteiger partial charge in [-0.15, -0.1) is 0 Å². The molecule has 1 aromatic heterocycles. The van der Waals surface area contributed by atoms with Crippen molar-refractivity contribution in [2.75, 3.05) is 0 Å². The van der Waals surface area contributed by atoms with E-state index in [0.717, 1.165) is 0 Å². The maximum absolute atomic E-state index is 11.9. The number of halogens is 3. The number of pyridine rings is 1. The average molecular weight is 189 g/mol. The molecule has 0 saturated heterocycles. The lowest BCUT2D eigenvalue weighted by molar-refractivity contribution is -0.127. The van der Waals surface area contributed by atoms with Crippen LogP contribution in [-0.4, -0.2) is 11.2 Å². The van der Waals surface area contributed by atoms with Crippen molar-refractivity contribution in [1.29, 1.82) is 0 Å². The highest BCUT2D eigenvalue weighted by molar-refractivity contribution is 5.11. The van der Waals surface area contributed by atoms with Crippen LogP contribution >= 0.6 is 0 Å². The first-order valence-corrected chi connectivity index (χ1v) is 4.03. The van der Waals surface area contributed by atoms with E-state index in [9.17, 15) is 13.2 Å². The Labute approximate surface area is 74.6 Å². The van der Waals surface area contributed by atoms with Gasteiger partial charge in [0.2, 0.25) is 0 Å². The number of alkyl halides is 3. The number of rotatable bonds is 2. The second-order valence-corrected chi connectivity index (χ2v) is 2.77. The fourth-order valence-electron chi connectivity index (χ4n) is 1.03. The zero-order valence-electron chi connectivity index (χ0n) is 7.23. The molecule has 0 N–H and O–H groups in total. The van der Waals surface area contributed by atoms with Crippen LogP contribution in [0.4, 0.5) is 13.2 Å². The van der Waals surface area contributed by atoms with Crippen LogP contribution in [0.25, 0.3) is 0 Å². The Morgan fingerprint density at radius 1 is 1.23 bits per heavy atom. The van der Waals surface area contributed by atoms with Crippen molar-refractivity contribution in [3.05, 3.63) is 29.6 Å². The van der Waals surface area contributed by atoms with Gasteiger partial charge >= 0.3 is 6.18 Å². The molecular formula is C9H10F3N. The molecule has 0 aliphatic rings. The molecule has 0 amide bonds. The zero-order chi connectivity index (χ0) is 9.90. The summed E-state index contributed by atoms with van der Waals surface area (Å²) >= 11 is 0. The van der Waals surface area contributed by atoms with Crippen molar-refractivity contribution in [3.8, 4) is 0 Å². The van der Waals surface area contributed by atoms with E-state index in [1.54, 1.807) is 12.1 Å². The van der Waals surface area contributed by atoms with Gasteiger partial charge in [0.25, 0.3) is 0 Å². The van der Waals surface area contributed by atoms with Crippen molar-refractivity contribution >= 4 is 0 Å². The summed E-state index contributed by atoms with van der Waals surface area (Å²) in [4.78, 5) is 3.86. The van der Waals surface area contributed by atoms with Crippen LogP contribution in [0.3, 0.4) is 0 Å². The minimum atomic E-state index is -4.17. The molecular weight excluding hydrogens is 179 g/mol. The molecule has 0 saturated carbocycles. The first-order valence-electron chi connectivity index (χ1n) is 4.03. The Balaban J connectivity index is 2.78. The van der Waals surface area contributed by atoms with Crippen LogP contribution in [0.15, 0.2) is 18.2 Å². The Morgan fingerprint density at radius 3 is 2.38 bits per heavy atom. The molecule has 0 unspecified atom stereocenters. The van der Waals surface area contributed by atoms with Crippen LogP contribution < -0.4 is 0 Å². The lowest BCUT2D eigenvalue weighted by Gasteiger charge is -2.06. The lowest BCUT2D eigenvalue weighted by Crippen LogP contribution is -2.13. The lowest BCUT2D eigenvalue weighted by atomic mass is 10.2. The van der Waals surface area contributed by atoms with Gasteiger partial charge in [-0.05, 0) is 18.6 Å². The van der Waals surface area contributed by atoms with Crippen LogP contribution in [-0.2, 0) is 12.8 Å². The van der Waals surface area contributed by atoms with Gasteiger partial charge in [0, 0.05) is 11.4 Å². The molecule has 4 heteroatoms. The molecule has 1 nitrogen and oxygen atoms in total. The highest BCUT2D eigenvalue weighted by atomic mass is 19.4. The van der Waals surface area contributed by atoms with Gasteiger partial charge in [-0.2, -0.15) is 13.2 Å². The second-order valence-electron chi connectivity index (χ2n) is 2.77. The third kappa shape index (κ3) is 3.44. The molecule has 0 atom stereocenters. The summed E-state index contributed by atoms with van der Waals surface area (Å²) in [5.74, 6) is 0. The summed E-state index contributed by atoms with van der Waals surface area (Å²) in [6.45, 7) is 1.86. The number of hydrogen-bond acceptors (Lipinski definition) is 1. The maximum atomic E-state index is 11.9. The molecule has 0 aromatic carbocycles. The van der Waals surface area contributed by atoms with E-state index >= 15 is 0 Å². The Hall–Kier alpha value is -1.06. The number of aryl methyl sites for hydroxylation is 1. The average Bonchev–Trinajstić information content (AvgIpc) is 2.01. The fourth-order valence-corrected chi connectivity index (χ4v) is 1.03. The van der Waals surface area contributed by atoms with Gasteiger partial charge in [0.05, 0.1) is 6.42 Å². The molecule has 1 aromatic rings. The van der Waals surface area contributed by atoms with E-state index < -0.39 is 12.6 Å². The van der Waals surface area contributed by atoms with Gasteiger partial charge in [-0.25, -0.2) is 0 Å². The minimum absolute atomic E-state index is 0.0897. The highest BCUT2D eigenvalue weighted by Gasteiger charge is 2.28. The number of nitrogens with zero attached hydrogens (tertiary/aromatic N) is 1. The Kier molecular flexibility index (Phi) is 2.90. The van der Waals surface area contributed by atoms with Crippen molar-refractivity contribution < 1.29 is 13.2 Å². The van der Waals surface area contributed by atoms with E-state index in [1.807, 2.05) is 6.92 Å². The maximum Gasteiger partial charge on any atom is 0.394 e. The molecule has 1 heterocycles. The number of hydrogen-bond donors (Lipinski definition) is 0. The molecule has 1 rings (SSSR count). The van der Waals surface area contributed by atoms with E-state index in [4.69, 9.17) is 0 Å². The molecule has 0 bridgehead atoms. The van der Waals surface area contributed by atoms with Crippen molar-refractivity contribution in [3.63, 3.8) is 0 Å². The third-order valence-electron chi connectivity index (χ3n) is 1.61. The fraction of sp³-hybridized carbons (Fsp3) is 0.444. The van der Waals surface area contributed by atoms with Gasteiger partial charge in [0.15, 0.2) is 0 Å².